The van der Waals surface area contributed by atoms with Crippen LogP contribution >= 0.6 is 11.6 Å². The summed E-state index contributed by atoms with van der Waals surface area (Å²) in [6, 6.07) is 6.39. The molecule has 1 fully saturated rings. The second-order valence-corrected chi connectivity index (χ2v) is 5.57. The Hall–Kier alpha value is -1.65. The van der Waals surface area contributed by atoms with Crippen molar-refractivity contribution in [3.8, 4) is 0 Å². The number of rotatable bonds is 5. The molecule has 1 aliphatic rings. The molecule has 0 aliphatic heterocycles. The fourth-order valence-corrected chi connectivity index (χ4v) is 2.54. The minimum atomic E-state index is -0.889. The summed E-state index contributed by atoms with van der Waals surface area (Å²) >= 11 is 6.14. The van der Waals surface area contributed by atoms with E-state index in [0.717, 1.165) is 11.9 Å². The van der Waals surface area contributed by atoms with Crippen LogP contribution < -0.4 is 5.32 Å². The first-order valence-electron chi connectivity index (χ1n) is 6.66. The number of halogens is 1. The molecule has 1 aromatic heterocycles. The molecule has 1 atom stereocenters. The van der Waals surface area contributed by atoms with Crippen molar-refractivity contribution in [1.29, 1.82) is 0 Å². The van der Waals surface area contributed by atoms with E-state index >= 15 is 0 Å². The zero-order chi connectivity index (χ0) is 14.1. The number of aromatic nitrogens is 1. The lowest BCUT2D eigenvalue weighted by molar-refractivity contribution is -0.139. The summed E-state index contributed by atoms with van der Waals surface area (Å²) in [5.41, 5.74) is 1.31. The second kappa shape index (κ2) is 5.38. The van der Waals surface area contributed by atoms with Gasteiger partial charge in [0.1, 0.15) is 6.04 Å². The van der Waals surface area contributed by atoms with Crippen LogP contribution in [0.5, 0.6) is 0 Å². The molecular weight excluding hydrogens is 276 g/mol. The number of nitrogens with one attached hydrogen (secondary N) is 1. The maximum absolute atomic E-state index is 11.5. The number of benzene rings is 1. The molecule has 3 rings (SSSR count). The van der Waals surface area contributed by atoms with Crippen LogP contribution in [0.3, 0.4) is 0 Å². The van der Waals surface area contributed by atoms with Gasteiger partial charge in [0.25, 0.3) is 0 Å². The molecule has 20 heavy (non-hydrogen) atoms. The van der Waals surface area contributed by atoms with Crippen LogP contribution in [0, 0.1) is 5.92 Å². The van der Waals surface area contributed by atoms with Crippen molar-refractivity contribution < 1.29 is 9.90 Å². The van der Waals surface area contributed by atoms with Gasteiger partial charge < -0.3 is 10.4 Å². The highest BCUT2D eigenvalue weighted by molar-refractivity contribution is 6.35. The van der Waals surface area contributed by atoms with E-state index in [1.54, 1.807) is 24.4 Å². The van der Waals surface area contributed by atoms with E-state index in [1.807, 2.05) is 6.07 Å². The van der Waals surface area contributed by atoms with Crippen molar-refractivity contribution in [3.63, 3.8) is 0 Å². The average Bonchev–Trinajstić information content (AvgIpc) is 3.25. The molecule has 0 saturated heterocycles. The van der Waals surface area contributed by atoms with Gasteiger partial charge in [0.2, 0.25) is 0 Å². The van der Waals surface area contributed by atoms with Crippen LogP contribution in [-0.2, 0) is 4.79 Å². The summed E-state index contributed by atoms with van der Waals surface area (Å²) in [6.45, 7) is 0.730. The molecule has 1 aromatic carbocycles. The van der Waals surface area contributed by atoms with E-state index in [9.17, 15) is 9.90 Å². The summed E-state index contributed by atoms with van der Waals surface area (Å²) in [7, 11) is 0. The van der Waals surface area contributed by atoms with Gasteiger partial charge in [0, 0.05) is 22.2 Å². The monoisotopic (exact) mass is 290 g/mol. The predicted octanol–water partition coefficient (Wildman–Crippen LogP) is 3.01. The van der Waals surface area contributed by atoms with Gasteiger partial charge in [-0.3, -0.25) is 9.78 Å². The van der Waals surface area contributed by atoms with Crippen molar-refractivity contribution >= 4 is 28.5 Å². The number of carboxylic acids is 1. The normalized spacial score (nSPS) is 16.2. The molecule has 1 heterocycles. The standard InChI is InChI=1S/C15H15ClN2O2/c16-12-6-5-11(13-10(12)2-1-7-17-13)14(15(19)20)18-8-9-3-4-9/h1-2,5-7,9,14,18H,3-4,8H2,(H,19,20). The summed E-state index contributed by atoms with van der Waals surface area (Å²) in [6.07, 6.45) is 4.01. The second-order valence-electron chi connectivity index (χ2n) is 5.16. The van der Waals surface area contributed by atoms with Crippen molar-refractivity contribution in [1.82, 2.24) is 10.3 Å². The minimum absolute atomic E-state index is 0.586. The maximum Gasteiger partial charge on any atom is 0.325 e. The van der Waals surface area contributed by atoms with Crippen LogP contribution in [0.15, 0.2) is 30.5 Å². The summed E-state index contributed by atoms with van der Waals surface area (Å²) in [4.78, 5) is 15.8. The molecule has 0 radical (unpaired) electrons. The molecule has 0 amide bonds. The number of hydrogen-bond acceptors (Lipinski definition) is 3. The van der Waals surface area contributed by atoms with Crippen molar-refractivity contribution in [2.24, 2.45) is 5.92 Å². The first kappa shape index (κ1) is 13.3. The Bertz CT molecular complexity index is 655. The van der Waals surface area contributed by atoms with E-state index in [1.165, 1.54) is 12.8 Å². The number of hydrogen-bond donors (Lipinski definition) is 2. The molecule has 1 aliphatic carbocycles. The Kier molecular flexibility index (Phi) is 3.59. The van der Waals surface area contributed by atoms with Crippen molar-refractivity contribution in [2.45, 2.75) is 18.9 Å². The molecule has 4 nitrogen and oxygen atoms in total. The number of fused-ring (bicyclic) bond motifs is 1. The third kappa shape index (κ3) is 2.62. The summed E-state index contributed by atoms with van der Waals surface area (Å²) in [5, 5.41) is 14.0. The fourth-order valence-electron chi connectivity index (χ4n) is 2.33. The van der Waals surface area contributed by atoms with Crippen molar-refractivity contribution in [2.75, 3.05) is 6.54 Å². The molecule has 2 aromatic rings. The molecule has 104 valence electrons. The van der Waals surface area contributed by atoms with E-state index in [2.05, 4.69) is 10.3 Å². The smallest absolute Gasteiger partial charge is 0.325 e. The number of aliphatic carboxylic acids is 1. The first-order valence-corrected chi connectivity index (χ1v) is 7.04. The number of carboxylic acid groups (broad SMARTS) is 1. The summed E-state index contributed by atoms with van der Waals surface area (Å²) in [5.74, 6) is -0.275. The maximum atomic E-state index is 11.5. The Morgan fingerprint density at radius 1 is 1.45 bits per heavy atom. The largest absolute Gasteiger partial charge is 0.480 e. The lowest BCUT2D eigenvalue weighted by Crippen LogP contribution is -2.30. The van der Waals surface area contributed by atoms with E-state index in [4.69, 9.17) is 11.6 Å². The zero-order valence-electron chi connectivity index (χ0n) is 10.8. The van der Waals surface area contributed by atoms with Crippen LogP contribution in [0.1, 0.15) is 24.4 Å². The molecule has 0 bridgehead atoms. The van der Waals surface area contributed by atoms with Gasteiger partial charge >= 0.3 is 5.97 Å². The van der Waals surface area contributed by atoms with Gasteiger partial charge in [-0.05, 0) is 43.5 Å². The van der Waals surface area contributed by atoms with Crippen LogP contribution in [0.4, 0.5) is 0 Å². The van der Waals surface area contributed by atoms with Crippen LogP contribution in [0.2, 0.25) is 5.02 Å². The van der Waals surface area contributed by atoms with E-state index in [0.29, 0.717) is 22.0 Å². The highest BCUT2D eigenvalue weighted by Crippen LogP contribution is 2.31. The number of nitrogens with zero attached hydrogens (tertiary/aromatic N) is 1. The van der Waals surface area contributed by atoms with Gasteiger partial charge in [-0.15, -0.1) is 0 Å². The Labute approximate surface area is 121 Å². The van der Waals surface area contributed by atoms with Gasteiger partial charge in [0.05, 0.1) is 5.52 Å². The third-order valence-electron chi connectivity index (χ3n) is 3.61. The van der Waals surface area contributed by atoms with E-state index < -0.39 is 12.0 Å². The molecular formula is C15H15ClN2O2. The van der Waals surface area contributed by atoms with Crippen LogP contribution in [0.25, 0.3) is 10.9 Å². The highest BCUT2D eigenvalue weighted by atomic mass is 35.5. The van der Waals surface area contributed by atoms with Gasteiger partial charge in [-0.1, -0.05) is 17.7 Å². The number of pyridine rings is 1. The Balaban J connectivity index is 2.01. The van der Waals surface area contributed by atoms with Crippen molar-refractivity contribution in [3.05, 3.63) is 41.0 Å². The number of carbonyl (C=O) groups is 1. The molecule has 5 heteroatoms. The fraction of sp³-hybridized carbons (Fsp3) is 0.333. The zero-order valence-corrected chi connectivity index (χ0v) is 11.6. The molecule has 0 spiro atoms. The Morgan fingerprint density at radius 2 is 2.25 bits per heavy atom. The van der Waals surface area contributed by atoms with Crippen LogP contribution in [-0.4, -0.2) is 22.6 Å². The SMILES string of the molecule is O=C(O)C(NCC1CC1)c1ccc(Cl)c2cccnc12. The van der Waals surface area contributed by atoms with Gasteiger partial charge in [0.15, 0.2) is 0 Å². The lowest BCUT2D eigenvalue weighted by atomic mass is 10.0. The van der Waals surface area contributed by atoms with Gasteiger partial charge in [-0.2, -0.15) is 0 Å². The summed E-state index contributed by atoms with van der Waals surface area (Å²) < 4.78 is 0. The topological polar surface area (TPSA) is 62.2 Å². The minimum Gasteiger partial charge on any atom is -0.480 e. The predicted molar refractivity (Wildman–Crippen MR) is 77.9 cm³/mol. The van der Waals surface area contributed by atoms with Gasteiger partial charge in [-0.25, -0.2) is 0 Å². The Morgan fingerprint density at radius 3 is 2.95 bits per heavy atom. The molecule has 1 unspecified atom stereocenters. The average molecular weight is 291 g/mol. The quantitative estimate of drug-likeness (QED) is 0.888. The molecule has 2 N–H and O–H groups in total. The molecule has 1 saturated carbocycles. The first-order chi connectivity index (χ1) is 9.66. The highest BCUT2D eigenvalue weighted by Gasteiger charge is 2.27. The van der Waals surface area contributed by atoms with E-state index in [-0.39, 0.29) is 0 Å². The third-order valence-corrected chi connectivity index (χ3v) is 3.94. The lowest BCUT2D eigenvalue weighted by Gasteiger charge is -2.16.